The number of morpholine rings is 1. The van der Waals surface area contributed by atoms with Crippen molar-refractivity contribution in [2.24, 2.45) is 5.92 Å². The lowest BCUT2D eigenvalue weighted by molar-refractivity contribution is -0.127. The van der Waals surface area contributed by atoms with Gasteiger partial charge in [-0.1, -0.05) is 0 Å². The summed E-state index contributed by atoms with van der Waals surface area (Å²) in [6.07, 6.45) is 3.73. The average molecular weight is 346 g/mol. The molecule has 25 heavy (non-hydrogen) atoms. The Morgan fingerprint density at radius 2 is 1.92 bits per heavy atom. The van der Waals surface area contributed by atoms with E-state index in [-0.39, 0.29) is 17.9 Å². The Labute approximate surface area is 147 Å². The first kappa shape index (κ1) is 16.5. The Morgan fingerprint density at radius 1 is 1.16 bits per heavy atom. The van der Waals surface area contributed by atoms with E-state index in [0.29, 0.717) is 0 Å². The second kappa shape index (κ2) is 7.53. The van der Waals surface area contributed by atoms with Crippen LogP contribution in [0.1, 0.15) is 12.8 Å². The van der Waals surface area contributed by atoms with E-state index in [1.807, 2.05) is 0 Å². The van der Waals surface area contributed by atoms with E-state index in [1.54, 1.807) is 6.33 Å². The third-order valence-corrected chi connectivity index (χ3v) is 5.22. The first-order chi connectivity index (χ1) is 12.3. The van der Waals surface area contributed by atoms with Gasteiger partial charge in [0.1, 0.15) is 18.0 Å². The van der Waals surface area contributed by atoms with Crippen LogP contribution < -0.4 is 20.4 Å². The average Bonchev–Trinajstić information content (AvgIpc) is 2.61. The van der Waals surface area contributed by atoms with Crippen molar-refractivity contribution >= 4 is 17.5 Å². The monoisotopic (exact) mass is 346 g/mol. The van der Waals surface area contributed by atoms with Crippen LogP contribution in [0.5, 0.6) is 0 Å². The van der Waals surface area contributed by atoms with Gasteiger partial charge in [-0.3, -0.25) is 4.79 Å². The predicted molar refractivity (Wildman–Crippen MR) is 94.8 cm³/mol. The molecule has 8 heteroatoms. The molecule has 0 aromatic carbocycles. The lowest BCUT2D eigenvalue weighted by atomic mass is 10.00. The van der Waals surface area contributed by atoms with Gasteiger partial charge in [0.05, 0.1) is 19.1 Å². The van der Waals surface area contributed by atoms with Crippen LogP contribution >= 0.6 is 0 Å². The summed E-state index contributed by atoms with van der Waals surface area (Å²) in [4.78, 5) is 25.6. The van der Waals surface area contributed by atoms with Crippen molar-refractivity contribution < 1.29 is 9.53 Å². The van der Waals surface area contributed by atoms with Crippen molar-refractivity contribution in [2.45, 2.75) is 18.9 Å². The zero-order chi connectivity index (χ0) is 17.1. The normalized spacial score (nSPS) is 24.7. The number of carbonyl (C=O) groups excluding carboxylic acids is 1. The summed E-state index contributed by atoms with van der Waals surface area (Å²) in [5.74, 6) is 2.23. The number of piperidine rings is 1. The maximum Gasteiger partial charge on any atom is 0.225 e. The summed E-state index contributed by atoms with van der Waals surface area (Å²) < 4.78 is 5.41. The van der Waals surface area contributed by atoms with Gasteiger partial charge in [0, 0.05) is 51.4 Å². The number of anilines is 2. The van der Waals surface area contributed by atoms with Crippen LogP contribution in [0.2, 0.25) is 0 Å². The van der Waals surface area contributed by atoms with E-state index in [9.17, 15) is 4.79 Å². The van der Waals surface area contributed by atoms with Crippen LogP contribution in [0, 0.1) is 5.92 Å². The molecular formula is C17H26N6O2. The molecule has 3 aliphatic rings. The topological polar surface area (TPSA) is 82.6 Å². The minimum Gasteiger partial charge on any atom is -0.378 e. The summed E-state index contributed by atoms with van der Waals surface area (Å²) in [7, 11) is 0. The van der Waals surface area contributed by atoms with E-state index in [0.717, 1.165) is 77.0 Å². The number of ether oxygens (including phenoxy) is 1. The molecule has 2 N–H and O–H groups in total. The van der Waals surface area contributed by atoms with Gasteiger partial charge >= 0.3 is 0 Å². The fraction of sp³-hybridized carbons (Fsp3) is 0.706. The molecule has 0 aliphatic carbocycles. The highest BCUT2D eigenvalue weighted by molar-refractivity contribution is 5.80. The SMILES string of the molecule is O=C(NC1CCCN(c2cc(N3CCOCC3)ncn2)C1)C1CNC1. The second-order valence-corrected chi connectivity index (χ2v) is 6.98. The number of nitrogens with one attached hydrogen (secondary N) is 2. The highest BCUT2D eigenvalue weighted by Crippen LogP contribution is 2.22. The molecule has 0 bridgehead atoms. The molecule has 1 amide bonds. The number of nitrogens with zero attached hydrogens (tertiary/aromatic N) is 4. The summed E-state index contributed by atoms with van der Waals surface area (Å²) in [5.41, 5.74) is 0. The molecular weight excluding hydrogens is 320 g/mol. The van der Waals surface area contributed by atoms with E-state index in [1.165, 1.54) is 0 Å². The Bertz CT molecular complexity index is 603. The fourth-order valence-electron chi connectivity index (χ4n) is 3.57. The third kappa shape index (κ3) is 3.85. The Balaban J connectivity index is 1.39. The number of amides is 1. The summed E-state index contributed by atoms with van der Waals surface area (Å²) in [5, 5.41) is 6.36. The van der Waals surface area contributed by atoms with Crippen molar-refractivity contribution in [3.63, 3.8) is 0 Å². The molecule has 0 radical (unpaired) electrons. The summed E-state index contributed by atoms with van der Waals surface area (Å²) in [6.45, 7) is 6.60. The Hall–Kier alpha value is -1.93. The quantitative estimate of drug-likeness (QED) is 0.769. The van der Waals surface area contributed by atoms with E-state index in [2.05, 4.69) is 36.5 Å². The molecule has 3 aliphatic heterocycles. The number of carbonyl (C=O) groups is 1. The smallest absolute Gasteiger partial charge is 0.225 e. The standard InChI is InChI=1S/C17H26N6O2/c24-17(13-9-18-10-13)21-14-2-1-3-23(11-14)16-8-15(19-12-20-16)22-4-6-25-7-5-22/h8,12-14,18H,1-7,9-11H2,(H,21,24). The summed E-state index contributed by atoms with van der Waals surface area (Å²) >= 11 is 0. The first-order valence-electron chi connectivity index (χ1n) is 9.20. The van der Waals surface area contributed by atoms with Crippen LogP contribution in [0.3, 0.4) is 0 Å². The van der Waals surface area contributed by atoms with Crippen molar-refractivity contribution in [2.75, 3.05) is 62.3 Å². The Kier molecular flexibility index (Phi) is 4.98. The van der Waals surface area contributed by atoms with Crippen molar-refractivity contribution in [1.82, 2.24) is 20.6 Å². The minimum atomic E-state index is 0.141. The van der Waals surface area contributed by atoms with Gasteiger partial charge in [-0.15, -0.1) is 0 Å². The molecule has 0 saturated carbocycles. The first-order valence-corrected chi connectivity index (χ1v) is 9.20. The maximum atomic E-state index is 12.2. The van der Waals surface area contributed by atoms with Gasteiger partial charge in [0.15, 0.2) is 0 Å². The largest absolute Gasteiger partial charge is 0.378 e. The van der Waals surface area contributed by atoms with Gasteiger partial charge in [-0.05, 0) is 12.8 Å². The van der Waals surface area contributed by atoms with Gasteiger partial charge in [-0.25, -0.2) is 9.97 Å². The zero-order valence-corrected chi connectivity index (χ0v) is 14.5. The second-order valence-electron chi connectivity index (χ2n) is 6.98. The van der Waals surface area contributed by atoms with Crippen molar-refractivity contribution in [3.05, 3.63) is 12.4 Å². The minimum absolute atomic E-state index is 0.141. The number of rotatable bonds is 4. The molecule has 1 aromatic rings. The fourth-order valence-corrected chi connectivity index (χ4v) is 3.57. The van der Waals surface area contributed by atoms with E-state index >= 15 is 0 Å². The van der Waals surface area contributed by atoms with Crippen LogP contribution in [-0.2, 0) is 9.53 Å². The van der Waals surface area contributed by atoms with Gasteiger partial charge in [0.25, 0.3) is 0 Å². The highest BCUT2D eigenvalue weighted by atomic mass is 16.5. The van der Waals surface area contributed by atoms with Gasteiger partial charge in [-0.2, -0.15) is 0 Å². The number of aromatic nitrogens is 2. The molecule has 136 valence electrons. The molecule has 3 saturated heterocycles. The molecule has 1 unspecified atom stereocenters. The molecule has 3 fully saturated rings. The Morgan fingerprint density at radius 3 is 2.64 bits per heavy atom. The molecule has 4 rings (SSSR count). The molecule has 0 spiro atoms. The predicted octanol–water partition coefficient (Wildman–Crippen LogP) is -0.382. The third-order valence-electron chi connectivity index (χ3n) is 5.22. The molecule has 4 heterocycles. The van der Waals surface area contributed by atoms with Crippen LogP contribution in [-0.4, -0.2) is 74.4 Å². The lowest BCUT2D eigenvalue weighted by Crippen LogP contribution is -2.55. The zero-order valence-electron chi connectivity index (χ0n) is 14.5. The van der Waals surface area contributed by atoms with E-state index < -0.39 is 0 Å². The van der Waals surface area contributed by atoms with Crippen LogP contribution in [0.15, 0.2) is 12.4 Å². The maximum absolute atomic E-state index is 12.2. The van der Waals surface area contributed by atoms with Crippen LogP contribution in [0.25, 0.3) is 0 Å². The number of hydrogen-bond donors (Lipinski definition) is 2. The molecule has 8 nitrogen and oxygen atoms in total. The van der Waals surface area contributed by atoms with Crippen molar-refractivity contribution in [1.29, 1.82) is 0 Å². The molecule has 1 atom stereocenters. The molecule has 1 aromatic heterocycles. The highest BCUT2D eigenvalue weighted by Gasteiger charge is 2.29. The van der Waals surface area contributed by atoms with Crippen molar-refractivity contribution in [3.8, 4) is 0 Å². The van der Waals surface area contributed by atoms with Gasteiger partial charge < -0.3 is 25.2 Å². The summed E-state index contributed by atoms with van der Waals surface area (Å²) in [6, 6.07) is 2.26. The number of hydrogen-bond acceptors (Lipinski definition) is 7. The van der Waals surface area contributed by atoms with Gasteiger partial charge in [0.2, 0.25) is 5.91 Å². The van der Waals surface area contributed by atoms with Crippen LogP contribution in [0.4, 0.5) is 11.6 Å². The lowest BCUT2D eigenvalue weighted by Gasteiger charge is -2.36. The van der Waals surface area contributed by atoms with E-state index in [4.69, 9.17) is 4.74 Å².